The first kappa shape index (κ1) is 11.8. The summed E-state index contributed by atoms with van der Waals surface area (Å²) in [6.07, 6.45) is 2.38. The van der Waals surface area contributed by atoms with Crippen LogP contribution in [0.4, 0.5) is 0 Å². The van der Waals surface area contributed by atoms with E-state index in [2.05, 4.69) is 0 Å². The fraction of sp³-hybridized carbons (Fsp3) is 0.167. The van der Waals surface area contributed by atoms with Crippen LogP contribution in [0.1, 0.15) is 16.7 Å². The van der Waals surface area contributed by atoms with Gasteiger partial charge in [-0.2, -0.15) is 5.26 Å². The van der Waals surface area contributed by atoms with Crippen LogP contribution in [0.3, 0.4) is 0 Å². The quantitative estimate of drug-likeness (QED) is 0.786. The highest BCUT2D eigenvalue weighted by Crippen LogP contribution is 2.22. The number of benzene rings is 1. The van der Waals surface area contributed by atoms with Crippen LogP contribution in [-0.2, 0) is 4.79 Å². The van der Waals surface area contributed by atoms with E-state index in [9.17, 15) is 4.79 Å². The number of nitrogens with zero attached hydrogens (tertiary/aromatic N) is 1. The molecule has 4 nitrogen and oxygen atoms in total. The van der Waals surface area contributed by atoms with E-state index >= 15 is 0 Å². The number of aryl methyl sites for hydroxylation is 1. The molecule has 0 saturated carbocycles. The molecule has 0 heterocycles. The molecule has 0 radical (unpaired) electrons. The topological polar surface area (TPSA) is 70.3 Å². The zero-order chi connectivity index (χ0) is 12.1. The molecule has 0 aliphatic heterocycles. The minimum Gasteiger partial charge on any atom is -0.497 e. The van der Waals surface area contributed by atoms with Crippen LogP contribution in [0.25, 0.3) is 6.08 Å². The van der Waals surface area contributed by atoms with Crippen molar-refractivity contribution in [1.82, 2.24) is 0 Å². The van der Waals surface area contributed by atoms with Crippen molar-refractivity contribution < 1.29 is 14.6 Å². The zero-order valence-corrected chi connectivity index (χ0v) is 9.02. The smallest absolute Gasteiger partial charge is 0.328 e. The van der Waals surface area contributed by atoms with Gasteiger partial charge in [-0.3, -0.25) is 0 Å². The summed E-state index contributed by atoms with van der Waals surface area (Å²) in [5.74, 6) is -0.453. The normalized spacial score (nSPS) is 10.1. The van der Waals surface area contributed by atoms with Crippen LogP contribution < -0.4 is 4.74 Å². The standard InChI is InChI=1S/C12H11NO3/c1-8-5-10(16-2)6-9(11(8)7-13)3-4-12(14)15/h3-6H,1-2H3,(H,14,15)/b4-3+. The number of nitriles is 1. The monoisotopic (exact) mass is 217 g/mol. The van der Waals surface area contributed by atoms with E-state index in [1.54, 1.807) is 19.1 Å². The number of ether oxygens (including phenoxy) is 1. The molecular weight excluding hydrogens is 206 g/mol. The van der Waals surface area contributed by atoms with Gasteiger partial charge < -0.3 is 9.84 Å². The van der Waals surface area contributed by atoms with E-state index in [0.717, 1.165) is 11.6 Å². The highest BCUT2D eigenvalue weighted by molar-refractivity contribution is 5.86. The number of methoxy groups -OCH3 is 1. The molecule has 0 saturated heterocycles. The molecule has 0 aliphatic rings. The molecule has 0 atom stereocenters. The summed E-state index contributed by atoms with van der Waals surface area (Å²) in [5, 5.41) is 17.5. The number of rotatable bonds is 3. The van der Waals surface area contributed by atoms with E-state index in [4.69, 9.17) is 15.1 Å². The number of carboxylic acid groups (broad SMARTS) is 1. The molecule has 4 heteroatoms. The fourth-order valence-corrected chi connectivity index (χ4v) is 1.34. The Morgan fingerprint density at radius 2 is 2.25 bits per heavy atom. The summed E-state index contributed by atoms with van der Waals surface area (Å²) >= 11 is 0. The lowest BCUT2D eigenvalue weighted by Gasteiger charge is -2.06. The highest BCUT2D eigenvalue weighted by atomic mass is 16.5. The Kier molecular flexibility index (Phi) is 3.67. The summed E-state index contributed by atoms with van der Waals surface area (Å²) in [5.41, 5.74) is 1.76. The Hall–Kier alpha value is -2.28. The van der Waals surface area contributed by atoms with E-state index in [1.807, 2.05) is 6.07 Å². The van der Waals surface area contributed by atoms with Gasteiger partial charge in [-0.15, -0.1) is 0 Å². The van der Waals surface area contributed by atoms with E-state index < -0.39 is 5.97 Å². The summed E-state index contributed by atoms with van der Waals surface area (Å²) < 4.78 is 5.05. The van der Waals surface area contributed by atoms with Gasteiger partial charge in [0, 0.05) is 6.08 Å². The zero-order valence-electron chi connectivity index (χ0n) is 9.02. The lowest BCUT2D eigenvalue weighted by molar-refractivity contribution is -0.131. The molecule has 1 rings (SSSR count). The van der Waals surface area contributed by atoms with Crippen molar-refractivity contribution in [3.63, 3.8) is 0 Å². The molecule has 0 amide bonds. The van der Waals surface area contributed by atoms with Crippen LogP contribution in [0.2, 0.25) is 0 Å². The first-order valence-corrected chi connectivity index (χ1v) is 4.58. The molecule has 0 unspecified atom stereocenters. The molecule has 0 bridgehead atoms. The van der Waals surface area contributed by atoms with Crippen molar-refractivity contribution in [2.24, 2.45) is 0 Å². The van der Waals surface area contributed by atoms with Crippen LogP contribution >= 0.6 is 0 Å². The minimum atomic E-state index is -1.05. The number of carboxylic acids is 1. The molecule has 1 aromatic rings. The molecule has 0 spiro atoms. The van der Waals surface area contributed by atoms with Crippen molar-refractivity contribution in [2.45, 2.75) is 6.92 Å². The number of carbonyl (C=O) groups is 1. The van der Waals surface area contributed by atoms with Gasteiger partial charge in [0.25, 0.3) is 0 Å². The van der Waals surface area contributed by atoms with Gasteiger partial charge in [0.05, 0.1) is 12.7 Å². The van der Waals surface area contributed by atoms with Crippen LogP contribution in [0.5, 0.6) is 5.75 Å². The third kappa shape index (κ3) is 2.61. The number of aliphatic carboxylic acids is 1. The van der Waals surface area contributed by atoms with Gasteiger partial charge in [0.15, 0.2) is 0 Å². The van der Waals surface area contributed by atoms with Crippen molar-refractivity contribution in [3.05, 3.63) is 34.9 Å². The number of hydrogen-bond donors (Lipinski definition) is 1. The maximum Gasteiger partial charge on any atom is 0.328 e. The van der Waals surface area contributed by atoms with Crippen LogP contribution in [-0.4, -0.2) is 18.2 Å². The average molecular weight is 217 g/mol. The third-order valence-electron chi connectivity index (χ3n) is 2.09. The SMILES string of the molecule is COc1cc(C)c(C#N)c(/C=C/C(=O)O)c1. The molecule has 0 fully saturated rings. The van der Waals surface area contributed by atoms with Gasteiger partial charge in [0.1, 0.15) is 11.8 Å². The molecule has 1 N–H and O–H groups in total. The van der Waals surface area contributed by atoms with Gasteiger partial charge in [0.2, 0.25) is 0 Å². The second-order valence-corrected chi connectivity index (χ2v) is 3.19. The molecule has 82 valence electrons. The molecule has 1 aromatic carbocycles. The maximum absolute atomic E-state index is 10.4. The average Bonchev–Trinajstić information content (AvgIpc) is 2.25. The van der Waals surface area contributed by atoms with Crippen molar-refractivity contribution in [2.75, 3.05) is 7.11 Å². The Morgan fingerprint density at radius 1 is 1.56 bits per heavy atom. The largest absolute Gasteiger partial charge is 0.497 e. The molecule has 0 aromatic heterocycles. The molecule has 16 heavy (non-hydrogen) atoms. The Morgan fingerprint density at radius 3 is 2.75 bits per heavy atom. The summed E-state index contributed by atoms with van der Waals surface area (Å²) in [4.78, 5) is 10.4. The Bertz CT molecular complexity index is 484. The maximum atomic E-state index is 10.4. The second-order valence-electron chi connectivity index (χ2n) is 3.19. The summed E-state index contributed by atoms with van der Waals surface area (Å²) in [6, 6.07) is 5.40. The van der Waals surface area contributed by atoms with Crippen molar-refractivity contribution >= 4 is 12.0 Å². The third-order valence-corrected chi connectivity index (χ3v) is 2.09. The molecule has 0 aliphatic carbocycles. The van der Waals surface area contributed by atoms with Crippen molar-refractivity contribution in [3.8, 4) is 11.8 Å². The first-order valence-electron chi connectivity index (χ1n) is 4.58. The predicted octanol–water partition coefficient (Wildman–Crippen LogP) is 1.97. The van der Waals surface area contributed by atoms with Crippen LogP contribution in [0, 0.1) is 18.3 Å². The Balaban J connectivity index is 3.30. The van der Waals surface area contributed by atoms with Crippen LogP contribution in [0.15, 0.2) is 18.2 Å². The lowest BCUT2D eigenvalue weighted by atomic mass is 10.0. The molecular formula is C12H11NO3. The van der Waals surface area contributed by atoms with E-state index in [0.29, 0.717) is 16.9 Å². The van der Waals surface area contributed by atoms with Crippen molar-refractivity contribution in [1.29, 1.82) is 5.26 Å². The fourth-order valence-electron chi connectivity index (χ4n) is 1.34. The lowest BCUT2D eigenvalue weighted by Crippen LogP contribution is -1.93. The van der Waals surface area contributed by atoms with E-state index in [1.165, 1.54) is 13.2 Å². The minimum absolute atomic E-state index is 0.457. The predicted molar refractivity (Wildman–Crippen MR) is 59.1 cm³/mol. The van der Waals surface area contributed by atoms with Gasteiger partial charge in [-0.05, 0) is 36.3 Å². The van der Waals surface area contributed by atoms with Gasteiger partial charge in [-0.25, -0.2) is 4.79 Å². The van der Waals surface area contributed by atoms with Gasteiger partial charge >= 0.3 is 5.97 Å². The Labute approximate surface area is 93.4 Å². The van der Waals surface area contributed by atoms with Gasteiger partial charge in [-0.1, -0.05) is 0 Å². The highest BCUT2D eigenvalue weighted by Gasteiger charge is 2.06. The summed E-state index contributed by atoms with van der Waals surface area (Å²) in [7, 11) is 1.52. The first-order chi connectivity index (χ1) is 7.58. The second kappa shape index (κ2) is 4.99. The summed E-state index contributed by atoms with van der Waals surface area (Å²) in [6.45, 7) is 1.78. The number of hydrogen-bond acceptors (Lipinski definition) is 3. The van der Waals surface area contributed by atoms with E-state index in [-0.39, 0.29) is 0 Å².